The summed E-state index contributed by atoms with van der Waals surface area (Å²) in [5, 5.41) is 78.4. The van der Waals surface area contributed by atoms with Crippen molar-refractivity contribution in [1.82, 2.24) is 0 Å². The standard InChI is InChI=1S/C12H22O11/c13-1-3-5(15)6(16)9(19)12(22-3)23-10-4(2-14)21-11(20)8(18)7(10)17/h3-20H,1-2H2/t3-,4-,5+,6+,7-,8-,9-,10-,11?,12+/m1/s1/i7D,8D,9D,10D,11D,12D. The molecule has 23 heavy (non-hydrogen) atoms. The third-order valence-corrected chi connectivity index (χ3v) is 3.21. The van der Waals surface area contributed by atoms with Crippen LogP contribution in [0.15, 0.2) is 0 Å². The van der Waals surface area contributed by atoms with E-state index in [4.69, 9.17) is 17.7 Å². The molecule has 11 heteroatoms. The van der Waals surface area contributed by atoms with Gasteiger partial charge < -0.3 is 55.1 Å². The molecule has 0 saturated carbocycles. The van der Waals surface area contributed by atoms with Crippen LogP contribution in [-0.2, 0) is 14.2 Å². The molecule has 0 radical (unpaired) electrons. The van der Waals surface area contributed by atoms with Gasteiger partial charge in [0.1, 0.15) is 48.7 Å². The van der Waals surface area contributed by atoms with Crippen molar-refractivity contribution in [2.75, 3.05) is 13.2 Å². The minimum absolute atomic E-state index is 1.09. The molecule has 2 saturated heterocycles. The lowest BCUT2D eigenvalue weighted by Gasteiger charge is -2.45. The van der Waals surface area contributed by atoms with E-state index in [-0.39, 0.29) is 0 Å². The monoisotopic (exact) mass is 348 g/mol. The molecular formula is C12H22O11. The maximum absolute atomic E-state index is 10.3. The first-order valence-electron chi connectivity index (χ1n) is 9.39. The molecule has 136 valence electrons. The van der Waals surface area contributed by atoms with Gasteiger partial charge in [-0.3, -0.25) is 0 Å². The van der Waals surface area contributed by atoms with E-state index in [9.17, 15) is 40.9 Å². The van der Waals surface area contributed by atoms with E-state index < -0.39 is 74.5 Å². The maximum atomic E-state index is 10.3. The van der Waals surface area contributed by atoms with Crippen molar-refractivity contribution in [1.29, 1.82) is 0 Å². The topological polar surface area (TPSA) is 190 Å². The fourth-order valence-electron chi connectivity index (χ4n) is 1.92. The smallest absolute Gasteiger partial charge is 0.187 e. The molecule has 8 N–H and O–H groups in total. The lowest BCUT2D eigenvalue weighted by Crippen LogP contribution is -2.64. The molecule has 0 amide bonds. The molecule has 10 atom stereocenters. The quantitative estimate of drug-likeness (QED) is 0.242. The Morgan fingerprint density at radius 2 is 1.39 bits per heavy atom. The zero-order valence-electron chi connectivity index (χ0n) is 17.5. The van der Waals surface area contributed by atoms with Gasteiger partial charge in [-0.1, -0.05) is 0 Å². The minimum Gasteiger partial charge on any atom is -0.394 e. The molecule has 0 spiro atoms. The minimum atomic E-state index is -4.11. The predicted octanol–water partition coefficient (Wildman–Crippen LogP) is -5.40. The lowest BCUT2D eigenvalue weighted by atomic mass is 9.97. The Morgan fingerprint density at radius 1 is 0.783 bits per heavy atom. The molecule has 11 nitrogen and oxygen atoms in total. The Kier molecular flexibility index (Phi) is 3.98. The Bertz CT molecular complexity index is 635. The van der Waals surface area contributed by atoms with Crippen molar-refractivity contribution in [3.63, 3.8) is 0 Å². The first-order valence-corrected chi connectivity index (χ1v) is 6.39. The first kappa shape index (κ1) is 12.0. The van der Waals surface area contributed by atoms with Crippen molar-refractivity contribution in [2.45, 2.75) is 61.3 Å². The highest BCUT2D eigenvalue weighted by atomic mass is 16.7. The molecule has 2 aliphatic heterocycles. The molecule has 0 aromatic rings. The number of aliphatic hydroxyl groups excluding tert-OH is 4. The average molecular weight is 348 g/mol. The third kappa shape index (κ3) is 3.65. The Labute approximate surface area is 139 Å². The van der Waals surface area contributed by atoms with Crippen LogP contribution in [0.2, 0.25) is 0 Å². The second-order valence-electron chi connectivity index (χ2n) is 4.70. The van der Waals surface area contributed by atoms with Crippen LogP contribution in [0, 0.1) is 0 Å². The van der Waals surface area contributed by atoms with Crippen molar-refractivity contribution in [3.8, 4) is 0 Å². The normalized spacial score (nSPS) is 74.6. The van der Waals surface area contributed by atoms with Gasteiger partial charge in [0.25, 0.3) is 0 Å². The number of ether oxygens (including phenoxy) is 3. The summed E-state index contributed by atoms with van der Waals surface area (Å²) in [7, 11) is 0. The Balaban J connectivity index is 2.58. The van der Waals surface area contributed by atoms with Gasteiger partial charge in [-0.25, -0.2) is 0 Å². The maximum Gasteiger partial charge on any atom is 0.187 e. The van der Waals surface area contributed by atoms with Gasteiger partial charge in [0, 0.05) is 0 Å². The van der Waals surface area contributed by atoms with E-state index in [1.165, 1.54) is 0 Å². The molecule has 0 aromatic heterocycles. The summed E-state index contributed by atoms with van der Waals surface area (Å²) in [5.41, 5.74) is 0. The zero-order chi connectivity index (χ0) is 22.8. The Hall–Kier alpha value is -0.440. The summed E-state index contributed by atoms with van der Waals surface area (Å²) in [4.78, 5) is 0. The number of hydrogen-bond acceptors (Lipinski definition) is 11. The highest BCUT2D eigenvalue weighted by Gasteiger charge is 2.50. The predicted molar refractivity (Wildman–Crippen MR) is 68.6 cm³/mol. The number of hydrogen-bond donors (Lipinski definition) is 8. The van der Waals surface area contributed by atoms with Crippen molar-refractivity contribution < 1.29 is 63.3 Å². The second-order valence-corrected chi connectivity index (χ2v) is 4.70. The lowest BCUT2D eigenvalue weighted by molar-refractivity contribution is -0.355. The van der Waals surface area contributed by atoms with E-state index in [1.54, 1.807) is 0 Å². The third-order valence-electron chi connectivity index (χ3n) is 3.21. The zero-order valence-corrected chi connectivity index (χ0v) is 11.5. The van der Waals surface area contributed by atoms with Gasteiger partial charge in [0.15, 0.2) is 12.5 Å². The van der Waals surface area contributed by atoms with E-state index in [0.717, 1.165) is 0 Å². The van der Waals surface area contributed by atoms with Gasteiger partial charge in [0.05, 0.1) is 21.4 Å². The summed E-state index contributed by atoms with van der Waals surface area (Å²) in [6, 6.07) is 0. The summed E-state index contributed by atoms with van der Waals surface area (Å²) in [5.74, 6) is 0. The van der Waals surface area contributed by atoms with Crippen molar-refractivity contribution in [3.05, 3.63) is 0 Å². The molecule has 2 fully saturated rings. The Morgan fingerprint density at radius 3 is 1.96 bits per heavy atom. The van der Waals surface area contributed by atoms with E-state index >= 15 is 0 Å². The molecule has 2 heterocycles. The SMILES string of the molecule is [2H]C1(O)O[C@H](CO)[C@@]([2H])(O[C@]2([2H])O[C@H](CO)[C@H](O)[C@H](O)[C@@]2([2H])O)[C@]([2H])(O)[C@@]1([2H])O. The second kappa shape index (κ2) is 7.63. The van der Waals surface area contributed by atoms with E-state index in [2.05, 4.69) is 4.74 Å². The van der Waals surface area contributed by atoms with Gasteiger partial charge in [0.2, 0.25) is 0 Å². The van der Waals surface area contributed by atoms with Gasteiger partial charge in [-0.15, -0.1) is 0 Å². The van der Waals surface area contributed by atoms with Gasteiger partial charge in [-0.2, -0.15) is 0 Å². The van der Waals surface area contributed by atoms with Crippen molar-refractivity contribution in [2.24, 2.45) is 0 Å². The molecule has 2 rings (SSSR count). The molecule has 0 aliphatic carbocycles. The fourth-order valence-corrected chi connectivity index (χ4v) is 1.92. The molecule has 1 unspecified atom stereocenters. The average Bonchev–Trinajstić information content (AvgIpc) is 2.60. The van der Waals surface area contributed by atoms with Crippen LogP contribution in [0.4, 0.5) is 0 Å². The van der Waals surface area contributed by atoms with Gasteiger partial charge >= 0.3 is 0 Å². The van der Waals surface area contributed by atoms with Crippen LogP contribution in [0.5, 0.6) is 0 Å². The van der Waals surface area contributed by atoms with E-state index in [1.807, 2.05) is 0 Å². The number of rotatable bonds is 4. The van der Waals surface area contributed by atoms with Crippen LogP contribution in [0.1, 0.15) is 8.22 Å². The molecule has 2 aliphatic rings. The fraction of sp³-hybridized carbons (Fsp3) is 1.00. The van der Waals surface area contributed by atoms with Crippen LogP contribution < -0.4 is 0 Å². The summed E-state index contributed by atoms with van der Waals surface area (Å²) < 4.78 is 60.5. The molecule has 0 bridgehead atoms. The first-order chi connectivity index (χ1) is 12.9. The number of aliphatic hydroxyl groups is 8. The van der Waals surface area contributed by atoms with E-state index in [0.29, 0.717) is 0 Å². The van der Waals surface area contributed by atoms with Gasteiger partial charge in [-0.05, 0) is 0 Å². The van der Waals surface area contributed by atoms with Crippen LogP contribution in [0.25, 0.3) is 0 Å². The largest absolute Gasteiger partial charge is 0.394 e. The summed E-state index contributed by atoms with van der Waals surface area (Å²) in [6.07, 6.45) is -32.0. The highest BCUT2D eigenvalue weighted by molar-refractivity contribution is 4.93. The summed E-state index contributed by atoms with van der Waals surface area (Å²) >= 11 is 0. The summed E-state index contributed by atoms with van der Waals surface area (Å²) in [6.45, 7) is -2.51. The molecule has 0 aromatic carbocycles. The van der Waals surface area contributed by atoms with Crippen LogP contribution in [-0.4, -0.2) is 115 Å². The van der Waals surface area contributed by atoms with Crippen LogP contribution >= 0.6 is 0 Å². The molecular weight excluding hydrogens is 320 g/mol. The highest BCUT2D eigenvalue weighted by Crippen LogP contribution is 2.28. The van der Waals surface area contributed by atoms with Crippen LogP contribution in [0.3, 0.4) is 0 Å². The van der Waals surface area contributed by atoms with Crippen molar-refractivity contribution >= 4 is 0 Å².